The van der Waals surface area contributed by atoms with E-state index in [1.54, 1.807) is 7.11 Å². The number of nitrogens with zero attached hydrogens (tertiary/aromatic N) is 1. The van der Waals surface area contributed by atoms with E-state index < -0.39 is 0 Å². The molecule has 1 fully saturated rings. The highest BCUT2D eigenvalue weighted by Gasteiger charge is 2.21. The molecule has 2 heterocycles. The van der Waals surface area contributed by atoms with Gasteiger partial charge in [-0.25, -0.2) is 0 Å². The van der Waals surface area contributed by atoms with Crippen molar-refractivity contribution < 1.29 is 9.53 Å². The Balaban J connectivity index is 0.00000210. The van der Waals surface area contributed by atoms with Crippen molar-refractivity contribution in [1.82, 2.24) is 9.88 Å². The maximum atomic E-state index is 12.3. The van der Waals surface area contributed by atoms with E-state index in [9.17, 15) is 4.79 Å². The molecule has 1 aliphatic heterocycles. The van der Waals surface area contributed by atoms with Gasteiger partial charge in [0.05, 0.1) is 18.7 Å². The molecular formula is C21H24ClN3O2. The molecule has 4 rings (SSSR count). The number of aromatic nitrogens is 1. The van der Waals surface area contributed by atoms with Crippen LogP contribution in [0.25, 0.3) is 10.9 Å². The van der Waals surface area contributed by atoms with Gasteiger partial charge in [-0.05, 0) is 60.7 Å². The van der Waals surface area contributed by atoms with Crippen LogP contribution in [0.4, 0.5) is 5.69 Å². The van der Waals surface area contributed by atoms with Gasteiger partial charge in [-0.1, -0.05) is 18.2 Å². The monoisotopic (exact) mass is 385 g/mol. The number of benzene rings is 2. The van der Waals surface area contributed by atoms with E-state index in [2.05, 4.69) is 39.6 Å². The number of ether oxygens (including phenoxy) is 1. The molecular weight excluding hydrogens is 362 g/mol. The maximum Gasteiger partial charge on any atom is 0.241 e. The number of methoxy groups -OCH3 is 1. The fourth-order valence-corrected chi connectivity index (χ4v) is 3.50. The lowest BCUT2D eigenvalue weighted by Crippen LogP contribution is -2.35. The number of amides is 1. The molecule has 142 valence electrons. The number of carbonyl (C=O) groups excluding carboxylic acids is 1. The van der Waals surface area contributed by atoms with Crippen molar-refractivity contribution in [2.24, 2.45) is 0 Å². The summed E-state index contributed by atoms with van der Waals surface area (Å²) in [6.07, 6.45) is 4.04. The van der Waals surface area contributed by atoms with E-state index in [1.807, 2.05) is 30.3 Å². The lowest BCUT2D eigenvalue weighted by molar-refractivity contribution is -0.117. The Morgan fingerprint density at radius 3 is 2.93 bits per heavy atom. The first-order valence-corrected chi connectivity index (χ1v) is 8.99. The van der Waals surface area contributed by atoms with Crippen LogP contribution in [-0.2, 0) is 11.3 Å². The van der Waals surface area contributed by atoms with Gasteiger partial charge < -0.3 is 19.9 Å². The molecule has 1 atom stereocenters. The number of carbonyl (C=O) groups is 1. The molecule has 1 aliphatic rings. The molecule has 1 amide bonds. The quantitative estimate of drug-likeness (QED) is 0.702. The molecule has 0 radical (unpaired) electrons. The summed E-state index contributed by atoms with van der Waals surface area (Å²) in [5.41, 5.74) is 3.11. The van der Waals surface area contributed by atoms with Gasteiger partial charge >= 0.3 is 0 Å². The van der Waals surface area contributed by atoms with Gasteiger partial charge in [0.2, 0.25) is 5.91 Å². The molecule has 27 heavy (non-hydrogen) atoms. The lowest BCUT2D eigenvalue weighted by Gasteiger charge is -2.12. The summed E-state index contributed by atoms with van der Waals surface area (Å²) in [5.74, 6) is 0.906. The Morgan fingerprint density at radius 1 is 1.26 bits per heavy atom. The zero-order valence-electron chi connectivity index (χ0n) is 15.3. The maximum absolute atomic E-state index is 12.3. The third-order valence-electron chi connectivity index (χ3n) is 4.91. The predicted octanol–water partition coefficient (Wildman–Crippen LogP) is 3.81. The van der Waals surface area contributed by atoms with Gasteiger partial charge in [0, 0.05) is 18.4 Å². The molecule has 5 nitrogen and oxygen atoms in total. The fraction of sp³-hybridized carbons (Fsp3) is 0.286. The first-order valence-electron chi connectivity index (χ1n) is 8.99. The standard InChI is InChI=1S/C21H23N3O2.ClH/c1-26-18-5-2-4-15(12-18)14-24-11-9-16-7-8-17(13-20(16)24)23-21(25)19-6-3-10-22-19;/h2,4-5,7-9,11-13,19,22H,3,6,10,14H2,1H3,(H,23,25);1H. The second-order valence-corrected chi connectivity index (χ2v) is 6.71. The van der Waals surface area contributed by atoms with Crippen LogP contribution in [0.3, 0.4) is 0 Å². The Labute approximate surface area is 165 Å². The average Bonchev–Trinajstić information content (AvgIpc) is 3.32. The number of hydrogen-bond acceptors (Lipinski definition) is 3. The van der Waals surface area contributed by atoms with Crippen LogP contribution in [0, 0.1) is 0 Å². The molecule has 3 aromatic rings. The van der Waals surface area contributed by atoms with E-state index in [1.165, 1.54) is 5.56 Å². The Bertz CT molecular complexity index is 932. The first kappa shape index (κ1) is 19.3. The van der Waals surface area contributed by atoms with E-state index in [0.717, 1.165) is 48.3 Å². The van der Waals surface area contributed by atoms with Crippen molar-refractivity contribution >= 4 is 34.9 Å². The summed E-state index contributed by atoms with van der Waals surface area (Å²) >= 11 is 0. The number of rotatable bonds is 5. The minimum absolute atomic E-state index is 0. The van der Waals surface area contributed by atoms with Crippen molar-refractivity contribution in [2.75, 3.05) is 19.0 Å². The van der Waals surface area contributed by atoms with Crippen molar-refractivity contribution in [3.05, 3.63) is 60.3 Å². The third kappa shape index (κ3) is 4.26. The van der Waals surface area contributed by atoms with Gasteiger partial charge in [-0.3, -0.25) is 4.79 Å². The van der Waals surface area contributed by atoms with Crippen LogP contribution in [0.5, 0.6) is 5.75 Å². The smallest absolute Gasteiger partial charge is 0.241 e. The lowest BCUT2D eigenvalue weighted by atomic mass is 10.2. The molecule has 0 aliphatic carbocycles. The summed E-state index contributed by atoms with van der Waals surface area (Å²) in [4.78, 5) is 12.3. The second-order valence-electron chi connectivity index (χ2n) is 6.71. The zero-order valence-corrected chi connectivity index (χ0v) is 16.1. The number of hydrogen-bond donors (Lipinski definition) is 2. The van der Waals surface area contributed by atoms with Gasteiger partial charge in [-0.15, -0.1) is 12.4 Å². The molecule has 1 saturated heterocycles. The third-order valence-corrected chi connectivity index (χ3v) is 4.91. The summed E-state index contributed by atoms with van der Waals surface area (Å²) in [6, 6.07) is 16.2. The predicted molar refractivity (Wildman–Crippen MR) is 111 cm³/mol. The van der Waals surface area contributed by atoms with Crippen LogP contribution in [0.15, 0.2) is 54.7 Å². The Hall–Kier alpha value is -2.50. The molecule has 2 aromatic carbocycles. The summed E-state index contributed by atoms with van der Waals surface area (Å²) in [6.45, 7) is 1.67. The Morgan fingerprint density at radius 2 is 2.15 bits per heavy atom. The minimum Gasteiger partial charge on any atom is -0.497 e. The molecule has 0 saturated carbocycles. The van der Waals surface area contributed by atoms with Crippen LogP contribution in [0.1, 0.15) is 18.4 Å². The van der Waals surface area contributed by atoms with E-state index in [0.29, 0.717) is 0 Å². The summed E-state index contributed by atoms with van der Waals surface area (Å²) in [7, 11) is 1.68. The van der Waals surface area contributed by atoms with Gasteiger partial charge in [0.15, 0.2) is 0 Å². The van der Waals surface area contributed by atoms with Crippen LogP contribution >= 0.6 is 12.4 Å². The number of halogens is 1. The average molecular weight is 386 g/mol. The van der Waals surface area contributed by atoms with Gasteiger partial charge in [0.25, 0.3) is 0 Å². The molecule has 1 aromatic heterocycles. The highest BCUT2D eigenvalue weighted by atomic mass is 35.5. The number of fused-ring (bicyclic) bond motifs is 1. The second kappa shape index (κ2) is 8.46. The van der Waals surface area contributed by atoms with Gasteiger partial charge in [0.1, 0.15) is 5.75 Å². The highest BCUT2D eigenvalue weighted by Crippen LogP contribution is 2.23. The topological polar surface area (TPSA) is 55.3 Å². The largest absolute Gasteiger partial charge is 0.497 e. The van der Waals surface area contributed by atoms with E-state index >= 15 is 0 Å². The normalized spacial score (nSPS) is 16.1. The fourth-order valence-electron chi connectivity index (χ4n) is 3.50. The number of nitrogens with one attached hydrogen (secondary N) is 2. The minimum atomic E-state index is -0.0748. The summed E-state index contributed by atoms with van der Waals surface area (Å²) < 4.78 is 7.50. The first-order chi connectivity index (χ1) is 12.7. The Kier molecular flexibility index (Phi) is 6.04. The summed E-state index contributed by atoms with van der Waals surface area (Å²) in [5, 5.41) is 7.43. The SMILES string of the molecule is COc1cccc(Cn2ccc3ccc(NC(=O)C4CCCN4)cc32)c1.Cl. The van der Waals surface area contributed by atoms with Gasteiger partial charge in [-0.2, -0.15) is 0 Å². The molecule has 0 spiro atoms. The van der Waals surface area contributed by atoms with Crippen LogP contribution in [0.2, 0.25) is 0 Å². The molecule has 2 N–H and O–H groups in total. The molecule has 6 heteroatoms. The van der Waals surface area contributed by atoms with Crippen molar-refractivity contribution in [3.63, 3.8) is 0 Å². The highest BCUT2D eigenvalue weighted by molar-refractivity contribution is 5.97. The molecule has 1 unspecified atom stereocenters. The van der Waals surface area contributed by atoms with Crippen molar-refractivity contribution in [2.45, 2.75) is 25.4 Å². The zero-order chi connectivity index (χ0) is 17.9. The van der Waals surface area contributed by atoms with Crippen molar-refractivity contribution in [3.8, 4) is 5.75 Å². The molecule has 0 bridgehead atoms. The number of anilines is 1. The van der Waals surface area contributed by atoms with Crippen LogP contribution in [-0.4, -0.2) is 30.2 Å². The van der Waals surface area contributed by atoms with E-state index in [4.69, 9.17) is 4.74 Å². The van der Waals surface area contributed by atoms with E-state index in [-0.39, 0.29) is 24.4 Å². The van der Waals surface area contributed by atoms with Crippen molar-refractivity contribution in [1.29, 1.82) is 0 Å². The van der Waals surface area contributed by atoms with Crippen LogP contribution < -0.4 is 15.4 Å².